The minimum Gasteiger partial charge on any atom is -0.311 e. The molecule has 1 aromatic rings. The predicted octanol–water partition coefficient (Wildman–Crippen LogP) is 3.36. The summed E-state index contributed by atoms with van der Waals surface area (Å²) < 4.78 is 45.5. The molecule has 0 atom stereocenters. The largest absolute Gasteiger partial charge is 0.345 e. The van der Waals surface area contributed by atoms with Crippen molar-refractivity contribution in [3.05, 3.63) is 35.4 Å². The molecule has 0 spiro atoms. The maximum atomic E-state index is 12.8. The first-order valence-electron chi connectivity index (χ1n) is 8.15. The van der Waals surface area contributed by atoms with Gasteiger partial charge >= 0.3 is 15.2 Å². The molecule has 0 saturated carbocycles. The van der Waals surface area contributed by atoms with Crippen LogP contribution in [0.4, 0.5) is 0 Å². The molecule has 0 fully saturated rings. The van der Waals surface area contributed by atoms with Gasteiger partial charge in [-0.15, -0.1) is 0 Å². The molecule has 0 aliphatic carbocycles. The Kier molecular flexibility index (Phi) is 7.14. The van der Waals surface area contributed by atoms with E-state index in [1.165, 1.54) is 28.4 Å². The molecule has 27 heavy (non-hydrogen) atoms. The fourth-order valence-electron chi connectivity index (χ4n) is 3.00. The molecule has 0 aromatic heterocycles. The third-order valence-corrected chi connectivity index (χ3v) is 10.2. The van der Waals surface area contributed by atoms with E-state index in [1.54, 1.807) is 24.3 Å². The second-order valence-electron chi connectivity index (χ2n) is 5.74. The lowest BCUT2D eigenvalue weighted by Crippen LogP contribution is -2.31. The van der Waals surface area contributed by atoms with Crippen molar-refractivity contribution in [2.45, 2.75) is 18.2 Å². The fourth-order valence-corrected chi connectivity index (χ4v) is 7.79. The van der Waals surface area contributed by atoms with Gasteiger partial charge in [-0.25, -0.2) is 0 Å². The molecule has 150 valence electrons. The summed E-state index contributed by atoms with van der Waals surface area (Å²) in [6.45, 7) is 0.0592. The van der Waals surface area contributed by atoms with Crippen LogP contribution in [0.5, 0.6) is 0 Å². The molecular weight excluding hydrogens is 396 g/mol. The van der Waals surface area contributed by atoms with Crippen molar-refractivity contribution in [3.8, 4) is 0 Å². The van der Waals surface area contributed by atoms with E-state index in [9.17, 15) is 18.7 Å². The van der Waals surface area contributed by atoms with Crippen molar-refractivity contribution >= 4 is 27.0 Å². The zero-order valence-corrected chi connectivity index (χ0v) is 17.4. The van der Waals surface area contributed by atoms with Crippen LogP contribution in [0.25, 0.3) is 0 Å². The summed E-state index contributed by atoms with van der Waals surface area (Å²) in [6.07, 6.45) is 0.245. The molecule has 1 heterocycles. The van der Waals surface area contributed by atoms with Gasteiger partial charge in [0.05, 0.1) is 11.1 Å². The van der Waals surface area contributed by atoms with Gasteiger partial charge in [0.15, 0.2) is 5.40 Å². The Morgan fingerprint density at radius 1 is 0.852 bits per heavy atom. The molecule has 2 rings (SSSR count). The standard InChI is InChI=1S/C16H23NO8P2/c1-22-26(20,23-2)14(27(21,24-3)25-4)10-7-11-17-15(18)12-8-5-6-9-13(12)16(17)19/h5-6,8-9,14H,7,10-11H2,1-4H3. The molecule has 11 heteroatoms. The molecule has 0 N–H and O–H groups in total. The van der Waals surface area contributed by atoms with Gasteiger partial charge in [-0.2, -0.15) is 0 Å². The lowest BCUT2D eigenvalue weighted by molar-refractivity contribution is 0.0652. The van der Waals surface area contributed by atoms with Crippen LogP contribution in [0.2, 0.25) is 0 Å². The fraction of sp³-hybridized carbons (Fsp3) is 0.500. The highest BCUT2D eigenvalue weighted by Crippen LogP contribution is 2.70. The minimum atomic E-state index is -3.80. The van der Waals surface area contributed by atoms with Crippen LogP contribution in [0.1, 0.15) is 33.6 Å². The number of rotatable bonds is 10. The summed E-state index contributed by atoms with van der Waals surface area (Å²) in [7, 11) is -2.88. The molecule has 0 radical (unpaired) electrons. The quantitative estimate of drug-likeness (QED) is 0.420. The number of carbonyl (C=O) groups is 2. The number of nitrogens with zero attached hydrogens (tertiary/aromatic N) is 1. The summed E-state index contributed by atoms with van der Waals surface area (Å²) in [5.41, 5.74) is 0.691. The first-order chi connectivity index (χ1) is 12.8. The topological polar surface area (TPSA) is 108 Å². The lowest BCUT2D eigenvalue weighted by Gasteiger charge is -2.29. The summed E-state index contributed by atoms with van der Waals surface area (Å²) in [6, 6.07) is 6.55. The maximum absolute atomic E-state index is 12.8. The van der Waals surface area contributed by atoms with Gasteiger partial charge in [-0.05, 0) is 25.0 Å². The maximum Gasteiger partial charge on any atom is 0.345 e. The highest BCUT2D eigenvalue weighted by atomic mass is 31.2. The van der Waals surface area contributed by atoms with Crippen molar-refractivity contribution in [2.24, 2.45) is 0 Å². The van der Waals surface area contributed by atoms with Crippen LogP contribution in [0.15, 0.2) is 24.3 Å². The predicted molar refractivity (Wildman–Crippen MR) is 98.1 cm³/mol. The number of imide groups is 1. The molecular formula is C16H23NO8P2. The number of amides is 2. The van der Waals surface area contributed by atoms with Gasteiger partial charge in [-0.3, -0.25) is 23.6 Å². The smallest absolute Gasteiger partial charge is 0.311 e. The summed E-state index contributed by atoms with van der Waals surface area (Å²) in [5.74, 6) is -0.786. The van der Waals surface area contributed by atoms with E-state index in [-0.39, 0.29) is 19.4 Å². The van der Waals surface area contributed by atoms with E-state index >= 15 is 0 Å². The number of carbonyl (C=O) groups excluding carboxylic acids is 2. The van der Waals surface area contributed by atoms with Crippen LogP contribution in [-0.4, -0.2) is 57.1 Å². The van der Waals surface area contributed by atoms with Gasteiger partial charge in [0.2, 0.25) is 0 Å². The summed E-state index contributed by atoms with van der Waals surface area (Å²) >= 11 is 0. The van der Waals surface area contributed by atoms with Gasteiger partial charge in [-0.1, -0.05) is 12.1 Å². The average Bonchev–Trinajstić information content (AvgIpc) is 2.95. The molecule has 0 bridgehead atoms. The van der Waals surface area contributed by atoms with Crippen molar-refractivity contribution in [3.63, 3.8) is 0 Å². The Morgan fingerprint density at radius 2 is 1.26 bits per heavy atom. The molecule has 1 aliphatic rings. The van der Waals surface area contributed by atoms with E-state index in [1.807, 2.05) is 0 Å². The van der Waals surface area contributed by atoms with Crippen molar-refractivity contribution < 1.29 is 36.8 Å². The number of hydrogen-bond acceptors (Lipinski definition) is 8. The third-order valence-electron chi connectivity index (χ3n) is 4.47. The van der Waals surface area contributed by atoms with E-state index in [0.29, 0.717) is 11.1 Å². The van der Waals surface area contributed by atoms with Crippen LogP contribution in [0.3, 0.4) is 0 Å². The lowest BCUT2D eigenvalue weighted by atomic mass is 10.1. The highest BCUT2D eigenvalue weighted by molar-refractivity contribution is 7.72. The normalized spacial score (nSPS) is 14.9. The van der Waals surface area contributed by atoms with Crippen molar-refractivity contribution in [2.75, 3.05) is 35.0 Å². The van der Waals surface area contributed by atoms with Gasteiger partial charge < -0.3 is 18.1 Å². The summed E-state index contributed by atoms with van der Waals surface area (Å²) in [4.78, 5) is 25.9. The molecule has 0 unspecified atom stereocenters. The number of fused-ring (bicyclic) bond motifs is 1. The molecule has 9 nitrogen and oxygen atoms in total. The van der Waals surface area contributed by atoms with Gasteiger partial charge in [0, 0.05) is 35.0 Å². The Morgan fingerprint density at radius 3 is 1.63 bits per heavy atom. The average molecular weight is 419 g/mol. The Hall–Kier alpha value is -1.34. The van der Waals surface area contributed by atoms with Crippen LogP contribution in [-0.2, 0) is 27.2 Å². The zero-order chi connectivity index (χ0) is 20.2. The minimum absolute atomic E-state index is 0.0331. The second-order valence-corrected chi connectivity index (χ2v) is 11.0. The number of benzene rings is 1. The monoisotopic (exact) mass is 419 g/mol. The van der Waals surface area contributed by atoms with Crippen LogP contribution >= 0.6 is 15.2 Å². The first kappa shape index (κ1) is 22.0. The van der Waals surface area contributed by atoms with Gasteiger partial charge in [0.25, 0.3) is 11.8 Å². The van der Waals surface area contributed by atoms with Gasteiger partial charge in [0.1, 0.15) is 0 Å². The van der Waals surface area contributed by atoms with Crippen molar-refractivity contribution in [1.82, 2.24) is 4.90 Å². The summed E-state index contributed by atoms with van der Waals surface area (Å²) in [5, 5.41) is -1.19. The van der Waals surface area contributed by atoms with E-state index < -0.39 is 32.4 Å². The molecule has 0 saturated heterocycles. The van der Waals surface area contributed by atoms with Crippen LogP contribution in [0, 0.1) is 0 Å². The first-order valence-corrected chi connectivity index (χ1v) is 11.4. The Labute approximate surface area is 158 Å². The SMILES string of the molecule is COP(=O)(OC)C(CCCN1C(=O)c2ccccc2C1=O)P(=O)(OC)OC. The molecule has 2 amide bonds. The number of hydrogen-bond donors (Lipinski definition) is 0. The second kappa shape index (κ2) is 8.78. The Balaban J connectivity index is 2.15. The van der Waals surface area contributed by atoms with E-state index in [0.717, 1.165) is 4.90 Å². The van der Waals surface area contributed by atoms with E-state index in [2.05, 4.69) is 0 Å². The Bertz CT molecular complexity index is 734. The van der Waals surface area contributed by atoms with Crippen molar-refractivity contribution in [1.29, 1.82) is 0 Å². The third kappa shape index (κ3) is 4.09. The van der Waals surface area contributed by atoms with Crippen LogP contribution < -0.4 is 0 Å². The molecule has 1 aromatic carbocycles. The van der Waals surface area contributed by atoms with E-state index in [4.69, 9.17) is 18.1 Å². The highest BCUT2D eigenvalue weighted by Gasteiger charge is 2.49. The molecule has 1 aliphatic heterocycles. The zero-order valence-electron chi connectivity index (χ0n) is 15.6.